The SMILES string of the molecule is COC(=O)/C(=C1/C(=O)N(c2ccc(OC)cc2)N=C1C)C(F)(F)F. The zero-order chi connectivity index (χ0) is 18.1. The van der Waals surface area contributed by atoms with Gasteiger partial charge in [-0.25, -0.2) is 4.79 Å². The highest BCUT2D eigenvalue weighted by Crippen LogP contribution is 2.34. The second-order valence-corrected chi connectivity index (χ2v) is 4.74. The Balaban J connectivity index is 2.52. The second-order valence-electron chi connectivity index (χ2n) is 4.74. The number of alkyl halides is 3. The predicted octanol–water partition coefficient (Wildman–Crippen LogP) is 2.45. The molecule has 1 aliphatic rings. The average molecular weight is 342 g/mol. The maximum absolute atomic E-state index is 13.2. The topological polar surface area (TPSA) is 68.2 Å². The number of hydrogen-bond acceptors (Lipinski definition) is 5. The van der Waals surface area contributed by atoms with Gasteiger partial charge in [0.15, 0.2) is 5.57 Å². The summed E-state index contributed by atoms with van der Waals surface area (Å²) in [6.07, 6.45) is -5.05. The van der Waals surface area contributed by atoms with Crippen molar-refractivity contribution in [2.24, 2.45) is 5.10 Å². The number of esters is 1. The molecule has 1 aromatic carbocycles. The Bertz CT molecular complexity index is 736. The lowest BCUT2D eigenvalue weighted by molar-refractivity contribution is -0.148. The Hall–Kier alpha value is -2.84. The van der Waals surface area contributed by atoms with Crippen molar-refractivity contribution >= 4 is 23.3 Å². The van der Waals surface area contributed by atoms with Crippen LogP contribution in [0.1, 0.15) is 6.92 Å². The highest BCUT2D eigenvalue weighted by Gasteiger charge is 2.47. The highest BCUT2D eigenvalue weighted by atomic mass is 19.4. The summed E-state index contributed by atoms with van der Waals surface area (Å²) in [5.41, 5.74) is -2.49. The fraction of sp³-hybridized carbons (Fsp3) is 0.267. The number of carbonyl (C=O) groups is 2. The molecule has 9 heteroatoms. The van der Waals surface area contributed by atoms with Crippen molar-refractivity contribution in [3.05, 3.63) is 35.4 Å². The lowest BCUT2D eigenvalue weighted by Gasteiger charge is -2.14. The average Bonchev–Trinajstić information content (AvgIpc) is 2.82. The van der Waals surface area contributed by atoms with Gasteiger partial charge in [0.25, 0.3) is 5.91 Å². The first-order valence-electron chi connectivity index (χ1n) is 6.64. The van der Waals surface area contributed by atoms with Crippen LogP contribution in [-0.4, -0.2) is 38.0 Å². The van der Waals surface area contributed by atoms with Gasteiger partial charge in [-0.05, 0) is 31.2 Å². The molecular weight excluding hydrogens is 329 g/mol. The Kier molecular flexibility index (Phi) is 4.63. The number of nitrogens with zero attached hydrogens (tertiary/aromatic N) is 2. The van der Waals surface area contributed by atoms with Gasteiger partial charge in [0.05, 0.1) is 31.2 Å². The van der Waals surface area contributed by atoms with Gasteiger partial charge in [-0.15, -0.1) is 0 Å². The maximum Gasteiger partial charge on any atom is 0.424 e. The molecule has 24 heavy (non-hydrogen) atoms. The van der Waals surface area contributed by atoms with Gasteiger partial charge in [0, 0.05) is 0 Å². The summed E-state index contributed by atoms with van der Waals surface area (Å²) < 4.78 is 48.7. The number of hydrazone groups is 1. The van der Waals surface area contributed by atoms with E-state index in [1.807, 2.05) is 0 Å². The van der Waals surface area contributed by atoms with E-state index in [1.54, 1.807) is 0 Å². The van der Waals surface area contributed by atoms with Gasteiger partial charge >= 0.3 is 12.1 Å². The Morgan fingerprint density at radius 2 is 1.75 bits per heavy atom. The number of benzene rings is 1. The number of methoxy groups -OCH3 is 2. The van der Waals surface area contributed by atoms with Crippen LogP contribution in [0.15, 0.2) is 40.5 Å². The Labute approximate surface area is 135 Å². The molecule has 1 aromatic rings. The van der Waals surface area contributed by atoms with Crippen LogP contribution in [0.2, 0.25) is 0 Å². The molecule has 0 atom stereocenters. The van der Waals surface area contributed by atoms with E-state index in [1.165, 1.54) is 38.3 Å². The number of rotatable bonds is 3. The van der Waals surface area contributed by atoms with E-state index < -0.39 is 29.2 Å². The highest BCUT2D eigenvalue weighted by molar-refractivity contribution is 6.32. The molecule has 1 aliphatic heterocycles. The number of carbonyl (C=O) groups excluding carboxylic acids is 2. The van der Waals surface area contributed by atoms with E-state index in [4.69, 9.17) is 4.74 Å². The maximum atomic E-state index is 13.2. The van der Waals surface area contributed by atoms with Crippen molar-refractivity contribution in [2.45, 2.75) is 13.1 Å². The predicted molar refractivity (Wildman–Crippen MR) is 78.7 cm³/mol. The molecular formula is C15H13F3N2O4. The molecule has 0 bridgehead atoms. The van der Waals surface area contributed by atoms with Crippen molar-refractivity contribution in [2.75, 3.05) is 19.2 Å². The van der Waals surface area contributed by atoms with Gasteiger partial charge in [-0.3, -0.25) is 4.79 Å². The van der Waals surface area contributed by atoms with Crippen LogP contribution >= 0.6 is 0 Å². The molecule has 0 fully saturated rings. The third-order valence-corrected chi connectivity index (χ3v) is 3.26. The van der Waals surface area contributed by atoms with E-state index in [9.17, 15) is 22.8 Å². The van der Waals surface area contributed by atoms with Gasteiger partial charge in [0.1, 0.15) is 5.75 Å². The summed E-state index contributed by atoms with van der Waals surface area (Å²) in [6, 6.07) is 5.98. The lowest BCUT2D eigenvalue weighted by Crippen LogP contribution is -2.29. The minimum Gasteiger partial charge on any atom is -0.497 e. The smallest absolute Gasteiger partial charge is 0.424 e. The van der Waals surface area contributed by atoms with Crippen molar-refractivity contribution in [1.82, 2.24) is 0 Å². The minimum absolute atomic E-state index is 0.228. The quantitative estimate of drug-likeness (QED) is 0.625. The van der Waals surface area contributed by atoms with E-state index in [-0.39, 0.29) is 11.4 Å². The normalized spacial score (nSPS) is 16.8. The van der Waals surface area contributed by atoms with E-state index in [0.29, 0.717) is 5.75 Å². The molecule has 0 radical (unpaired) electrons. The molecule has 0 N–H and O–H groups in total. The monoisotopic (exact) mass is 342 g/mol. The number of halogens is 3. The van der Waals surface area contributed by atoms with Crippen molar-refractivity contribution in [3.63, 3.8) is 0 Å². The summed E-state index contributed by atoms with van der Waals surface area (Å²) in [4.78, 5) is 23.9. The van der Waals surface area contributed by atoms with Gasteiger partial charge < -0.3 is 9.47 Å². The van der Waals surface area contributed by atoms with Crippen LogP contribution in [0.3, 0.4) is 0 Å². The summed E-state index contributed by atoms with van der Waals surface area (Å²) >= 11 is 0. The van der Waals surface area contributed by atoms with Crippen LogP contribution in [0.5, 0.6) is 5.75 Å². The zero-order valence-corrected chi connectivity index (χ0v) is 13.0. The van der Waals surface area contributed by atoms with Crippen molar-refractivity contribution < 1.29 is 32.2 Å². The van der Waals surface area contributed by atoms with Crippen LogP contribution in [0.4, 0.5) is 18.9 Å². The zero-order valence-electron chi connectivity index (χ0n) is 13.0. The molecule has 0 unspecified atom stereocenters. The first kappa shape index (κ1) is 17.5. The third kappa shape index (κ3) is 3.10. The summed E-state index contributed by atoms with van der Waals surface area (Å²) in [5.74, 6) is -2.19. The molecule has 2 rings (SSSR count). The fourth-order valence-corrected chi connectivity index (χ4v) is 2.15. The molecule has 128 valence electrons. The van der Waals surface area contributed by atoms with Crippen LogP contribution in [-0.2, 0) is 14.3 Å². The number of amides is 1. The number of hydrogen-bond donors (Lipinski definition) is 0. The summed E-state index contributed by atoms with van der Waals surface area (Å²) in [7, 11) is 2.26. The number of anilines is 1. The van der Waals surface area contributed by atoms with Crippen molar-refractivity contribution in [1.29, 1.82) is 0 Å². The molecule has 0 saturated heterocycles. The second kappa shape index (κ2) is 6.34. The van der Waals surface area contributed by atoms with Crippen LogP contribution < -0.4 is 9.75 Å². The van der Waals surface area contributed by atoms with E-state index in [0.717, 1.165) is 12.1 Å². The van der Waals surface area contributed by atoms with Gasteiger partial charge in [-0.1, -0.05) is 0 Å². The van der Waals surface area contributed by atoms with E-state index >= 15 is 0 Å². The molecule has 0 saturated carbocycles. The molecule has 0 aromatic heterocycles. The van der Waals surface area contributed by atoms with Crippen molar-refractivity contribution in [3.8, 4) is 5.75 Å². The number of ether oxygens (including phenoxy) is 2. The fourth-order valence-electron chi connectivity index (χ4n) is 2.15. The molecule has 0 spiro atoms. The van der Waals surface area contributed by atoms with Crippen LogP contribution in [0.25, 0.3) is 0 Å². The standard InChI is InChI=1S/C15H13F3N2O4/c1-8-11(12(14(22)24-3)15(16,17)18)13(21)20(19-8)9-4-6-10(23-2)7-5-9/h4-7H,1-3H3/b12-11-. The largest absolute Gasteiger partial charge is 0.497 e. The molecule has 0 aliphatic carbocycles. The molecule has 1 amide bonds. The summed E-state index contributed by atoms with van der Waals surface area (Å²) in [5, 5.41) is 4.61. The molecule has 1 heterocycles. The first-order chi connectivity index (χ1) is 11.2. The van der Waals surface area contributed by atoms with E-state index in [2.05, 4.69) is 9.84 Å². The first-order valence-corrected chi connectivity index (χ1v) is 6.64. The molecule has 6 nitrogen and oxygen atoms in total. The third-order valence-electron chi connectivity index (χ3n) is 3.26. The Morgan fingerprint density at radius 1 is 1.17 bits per heavy atom. The van der Waals surface area contributed by atoms with Crippen LogP contribution in [0, 0.1) is 0 Å². The summed E-state index contributed by atoms with van der Waals surface area (Å²) in [6.45, 7) is 1.21. The minimum atomic E-state index is -5.05. The van der Waals surface area contributed by atoms with Gasteiger partial charge in [-0.2, -0.15) is 23.3 Å². The Morgan fingerprint density at radius 3 is 2.21 bits per heavy atom. The van der Waals surface area contributed by atoms with Gasteiger partial charge in [0.2, 0.25) is 0 Å². The lowest BCUT2D eigenvalue weighted by atomic mass is 10.0.